The molecule has 1 aromatic heterocycles. The predicted octanol–water partition coefficient (Wildman–Crippen LogP) is 4.25. The number of benzene rings is 2. The number of para-hydroxylation sites is 1. The molecule has 1 heterocycles. The van der Waals surface area contributed by atoms with Crippen LogP contribution in [0.5, 0.6) is 0 Å². The Hall–Kier alpha value is -3.66. The quantitative estimate of drug-likeness (QED) is 0.310. The third-order valence-electron chi connectivity index (χ3n) is 5.51. The summed E-state index contributed by atoms with van der Waals surface area (Å²) in [5.74, 6) is -0.244. The van der Waals surface area contributed by atoms with Crippen molar-refractivity contribution >= 4 is 35.2 Å². The van der Waals surface area contributed by atoms with Gasteiger partial charge in [-0.25, -0.2) is 4.79 Å². The molecule has 2 amide bonds. The first-order valence-corrected chi connectivity index (χ1v) is 12.6. The molecule has 0 saturated heterocycles. The van der Waals surface area contributed by atoms with Gasteiger partial charge in [-0.2, -0.15) is 0 Å². The van der Waals surface area contributed by atoms with Gasteiger partial charge in [0.1, 0.15) is 0 Å². The van der Waals surface area contributed by atoms with Crippen molar-refractivity contribution in [2.45, 2.75) is 45.4 Å². The van der Waals surface area contributed by atoms with E-state index in [0.29, 0.717) is 28.8 Å². The van der Waals surface area contributed by atoms with E-state index < -0.39 is 5.97 Å². The Morgan fingerprint density at radius 1 is 1.08 bits per heavy atom. The Morgan fingerprint density at radius 3 is 2.50 bits per heavy atom. The first kappa shape index (κ1) is 26.9. The molecule has 190 valence electrons. The molecule has 2 aromatic carbocycles. The van der Waals surface area contributed by atoms with Crippen LogP contribution in [0, 0.1) is 12.8 Å². The van der Waals surface area contributed by atoms with Crippen LogP contribution in [0.2, 0.25) is 0 Å². The zero-order valence-electron chi connectivity index (χ0n) is 21.1. The number of carbonyl (C=O) groups is 3. The van der Waals surface area contributed by atoms with Crippen LogP contribution in [-0.2, 0) is 16.1 Å². The van der Waals surface area contributed by atoms with Gasteiger partial charge in [0.2, 0.25) is 5.91 Å². The van der Waals surface area contributed by atoms with Crippen LogP contribution in [0.4, 0.5) is 5.69 Å². The molecular formula is C26H31N5O4S. The zero-order valence-corrected chi connectivity index (χ0v) is 21.9. The second-order valence-electron chi connectivity index (χ2n) is 8.52. The smallest absolute Gasteiger partial charge is 0.339 e. The fourth-order valence-electron chi connectivity index (χ4n) is 3.67. The third kappa shape index (κ3) is 6.51. The van der Waals surface area contributed by atoms with E-state index in [2.05, 4.69) is 20.8 Å². The van der Waals surface area contributed by atoms with Gasteiger partial charge in [-0.1, -0.05) is 55.4 Å². The van der Waals surface area contributed by atoms with Crippen molar-refractivity contribution < 1.29 is 19.1 Å². The maximum Gasteiger partial charge on any atom is 0.339 e. The Bertz CT molecular complexity index is 1240. The molecule has 0 radical (unpaired) electrons. The van der Waals surface area contributed by atoms with Crippen molar-refractivity contribution in [3.8, 4) is 0 Å². The number of esters is 1. The summed E-state index contributed by atoms with van der Waals surface area (Å²) in [5.41, 5.74) is 2.25. The largest absolute Gasteiger partial charge is 0.465 e. The minimum Gasteiger partial charge on any atom is -0.465 e. The minimum atomic E-state index is -0.527. The molecule has 10 heteroatoms. The number of thioether (sulfide) groups is 1. The molecule has 1 atom stereocenters. The molecule has 0 aliphatic rings. The highest BCUT2D eigenvalue weighted by atomic mass is 32.2. The number of hydrogen-bond acceptors (Lipinski definition) is 7. The Labute approximate surface area is 215 Å². The van der Waals surface area contributed by atoms with Crippen LogP contribution in [0.25, 0.3) is 0 Å². The molecular weight excluding hydrogens is 478 g/mol. The molecule has 3 rings (SSSR count). The number of nitrogens with zero attached hydrogens (tertiary/aromatic N) is 3. The van der Waals surface area contributed by atoms with Crippen molar-refractivity contribution in [2.75, 3.05) is 18.2 Å². The van der Waals surface area contributed by atoms with Crippen molar-refractivity contribution in [3.63, 3.8) is 0 Å². The van der Waals surface area contributed by atoms with Gasteiger partial charge in [-0.15, -0.1) is 10.2 Å². The van der Waals surface area contributed by atoms with Gasteiger partial charge < -0.3 is 19.9 Å². The fourth-order valence-corrected chi connectivity index (χ4v) is 4.48. The number of methoxy groups -OCH3 is 1. The van der Waals surface area contributed by atoms with E-state index in [0.717, 1.165) is 5.56 Å². The van der Waals surface area contributed by atoms with Crippen LogP contribution in [0.15, 0.2) is 53.7 Å². The Balaban J connectivity index is 1.72. The number of ether oxygens (including phenoxy) is 1. The standard InChI is InChI=1S/C26H31N5O4S/c1-6-31-23(22(16(2)3)28-24(33)18-11-9-10-17(4)14-18)29-30-26(31)36-15-21(32)27-20-13-8-7-12-19(20)25(34)35-5/h7-14,16,22H,6,15H2,1-5H3,(H,27,32)(H,28,33)/t22-/m0/s1. The fraction of sp³-hybridized carbons (Fsp3) is 0.346. The van der Waals surface area contributed by atoms with Crippen LogP contribution in [-0.4, -0.2) is 45.4 Å². The first-order valence-electron chi connectivity index (χ1n) is 11.7. The average molecular weight is 510 g/mol. The molecule has 2 N–H and O–H groups in total. The SMILES string of the molecule is CCn1c(SCC(=O)Nc2ccccc2C(=O)OC)nnc1[C@@H](NC(=O)c1cccc(C)c1)C(C)C. The second kappa shape index (κ2) is 12.3. The Morgan fingerprint density at radius 2 is 1.83 bits per heavy atom. The molecule has 0 fully saturated rings. The third-order valence-corrected chi connectivity index (χ3v) is 6.48. The number of aromatic nitrogens is 3. The number of aryl methyl sites for hydroxylation is 1. The molecule has 0 saturated carbocycles. The summed E-state index contributed by atoms with van der Waals surface area (Å²) in [6.07, 6.45) is 0. The molecule has 0 aliphatic carbocycles. The highest BCUT2D eigenvalue weighted by Crippen LogP contribution is 2.26. The summed E-state index contributed by atoms with van der Waals surface area (Å²) in [6, 6.07) is 13.7. The van der Waals surface area contributed by atoms with Gasteiger partial charge in [0.25, 0.3) is 5.91 Å². The molecule has 0 spiro atoms. The lowest BCUT2D eigenvalue weighted by Crippen LogP contribution is -2.33. The van der Waals surface area contributed by atoms with E-state index in [-0.39, 0.29) is 35.1 Å². The first-order chi connectivity index (χ1) is 17.2. The van der Waals surface area contributed by atoms with Gasteiger partial charge >= 0.3 is 5.97 Å². The molecule has 9 nitrogen and oxygen atoms in total. The minimum absolute atomic E-state index is 0.0595. The summed E-state index contributed by atoms with van der Waals surface area (Å²) in [6.45, 7) is 8.49. The van der Waals surface area contributed by atoms with Gasteiger partial charge in [0.05, 0.1) is 30.2 Å². The Kier molecular flexibility index (Phi) is 9.24. The second-order valence-corrected chi connectivity index (χ2v) is 9.47. The predicted molar refractivity (Wildman–Crippen MR) is 139 cm³/mol. The van der Waals surface area contributed by atoms with Gasteiger partial charge in [-0.3, -0.25) is 9.59 Å². The van der Waals surface area contributed by atoms with E-state index in [1.165, 1.54) is 18.9 Å². The molecule has 0 unspecified atom stereocenters. The van der Waals surface area contributed by atoms with Crippen molar-refractivity contribution in [2.24, 2.45) is 5.92 Å². The maximum absolute atomic E-state index is 12.9. The lowest BCUT2D eigenvalue weighted by Gasteiger charge is -2.22. The maximum atomic E-state index is 12.9. The van der Waals surface area contributed by atoms with E-state index in [4.69, 9.17) is 4.74 Å². The summed E-state index contributed by atoms with van der Waals surface area (Å²) in [4.78, 5) is 37.5. The summed E-state index contributed by atoms with van der Waals surface area (Å²) < 4.78 is 6.68. The van der Waals surface area contributed by atoms with E-state index in [1.54, 1.807) is 30.3 Å². The van der Waals surface area contributed by atoms with Crippen molar-refractivity contribution in [1.82, 2.24) is 20.1 Å². The summed E-state index contributed by atoms with van der Waals surface area (Å²) in [7, 11) is 1.29. The van der Waals surface area contributed by atoms with Gasteiger partial charge in [0.15, 0.2) is 11.0 Å². The van der Waals surface area contributed by atoms with Crippen LogP contribution < -0.4 is 10.6 Å². The van der Waals surface area contributed by atoms with Crippen molar-refractivity contribution in [1.29, 1.82) is 0 Å². The summed E-state index contributed by atoms with van der Waals surface area (Å²) in [5, 5.41) is 15.1. The van der Waals surface area contributed by atoms with Gasteiger partial charge in [0, 0.05) is 12.1 Å². The molecule has 3 aromatic rings. The molecule has 0 aliphatic heterocycles. The highest BCUT2D eigenvalue weighted by molar-refractivity contribution is 7.99. The topological polar surface area (TPSA) is 115 Å². The number of nitrogens with one attached hydrogen (secondary N) is 2. The normalized spacial score (nSPS) is 11.7. The van der Waals surface area contributed by atoms with E-state index in [1.807, 2.05) is 50.5 Å². The lowest BCUT2D eigenvalue weighted by atomic mass is 10.0. The van der Waals surface area contributed by atoms with Gasteiger partial charge in [-0.05, 0) is 44.0 Å². The van der Waals surface area contributed by atoms with E-state index >= 15 is 0 Å². The monoisotopic (exact) mass is 509 g/mol. The summed E-state index contributed by atoms with van der Waals surface area (Å²) >= 11 is 1.23. The van der Waals surface area contributed by atoms with E-state index in [9.17, 15) is 14.4 Å². The average Bonchev–Trinajstić information content (AvgIpc) is 3.28. The zero-order chi connectivity index (χ0) is 26.2. The number of amides is 2. The van der Waals surface area contributed by atoms with Crippen LogP contribution in [0.1, 0.15) is 58.9 Å². The lowest BCUT2D eigenvalue weighted by molar-refractivity contribution is -0.113. The highest BCUT2D eigenvalue weighted by Gasteiger charge is 2.26. The van der Waals surface area contributed by atoms with Crippen LogP contribution >= 0.6 is 11.8 Å². The number of carbonyl (C=O) groups excluding carboxylic acids is 3. The number of hydrogen-bond donors (Lipinski definition) is 2. The number of rotatable bonds is 10. The number of anilines is 1. The molecule has 0 bridgehead atoms. The van der Waals surface area contributed by atoms with Crippen molar-refractivity contribution in [3.05, 3.63) is 71.0 Å². The molecule has 36 heavy (non-hydrogen) atoms. The van der Waals surface area contributed by atoms with Crippen LogP contribution in [0.3, 0.4) is 0 Å².